The Kier molecular flexibility index (Phi) is 6.54. The number of hydrogen-bond donors (Lipinski definition) is 2. The van der Waals surface area contributed by atoms with Gasteiger partial charge in [-0.1, -0.05) is 24.6 Å². The molecule has 198 valence electrons. The highest BCUT2D eigenvalue weighted by atomic mass is 16.6. The summed E-state index contributed by atoms with van der Waals surface area (Å²) in [7, 11) is 0. The number of nitrogens with zero attached hydrogens (tertiary/aromatic N) is 2. The van der Waals surface area contributed by atoms with Gasteiger partial charge in [-0.15, -0.1) is 0 Å². The molecular formula is C28H40N2O6. The van der Waals surface area contributed by atoms with Crippen LogP contribution in [-0.2, 0) is 19.2 Å². The summed E-state index contributed by atoms with van der Waals surface area (Å²) in [5.41, 5.74) is 2.58. The van der Waals surface area contributed by atoms with Crippen LogP contribution >= 0.6 is 0 Å². The number of aliphatic hydroxyl groups is 1. The van der Waals surface area contributed by atoms with Gasteiger partial charge in [0.15, 0.2) is 6.61 Å². The Balaban J connectivity index is 1.24. The van der Waals surface area contributed by atoms with Crippen molar-refractivity contribution in [2.45, 2.75) is 90.7 Å². The average Bonchev–Trinajstić information content (AvgIpc) is 3.39. The summed E-state index contributed by atoms with van der Waals surface area (Å²) < 4.78 is 0. The van der Waals surface area contributed by atoms with E-state index in [2.05, 4.69) is 25.1 Å². The second-order valence-electron chi connectivity index (χ2n) is 12.4. The zero-order valence-electron chi connectivity index (χ0n) is 21.7. The summed E-state index contributed by atoms with van der Waals surface area (Å²) in [4.78, 5) is 42.8. The third-order valence-corrected chi connectivity index (χ3v) is 10.7. The topological polar surface area (TPSA) is 117 Å². The molecule has 0 radical (unpaired) electrons. The molecule has 8 heteroatoms. The van der Waals surface area contributed by atoms with Crippen LogP contribution in [0.2, 0.25) is 0 Å². The number of carboxylic acids is 1. The third-order valence-electron chi connectivity index (χ3n) is 10.7. The second kappa shape index (κ2) is 9.26. The fraction of sp³-hybridized carbons (Fsp3) is 0.786. The monoisotopic (exact) mass is 500 g/mol. The maximum atomic E-state index is 12.5. The van der Waals surface area contributed by atoms with Crippen molar-refractivity contribution < 1.29 is 29.4 Å². The molecule has 0 spiro atoms. The number of aliphatic carboxylic acids is 1. The lowest BCUT2D eigenvalue weighted by Crippen LogP contribution is -2.51. The van der Waals surface area contributed by atoms with Gasteiger partial charge in [-0.05, 0) is 93.0 Å². The summed E-state index contributed by atoms with van der Waals surface area (Å²) >= 11 is 0. The first kappa shape index (κ1) is 25.4. The smallest absolute Gasteiger partial charge is 0.326 e. The minimum absolute atomic E-state index is 0.00783. The summed E-state index contributed by atoms with van der Waals surface area (Å²) in [5, 5.41) is 23.3. The van der Waals surface area contributed by atoms with E-state index in [4.69, 9.17) is 4.84 Å². The number of allylic oxidation sites excluding steroid dienone is 2. The first-order chi connectivity index (χ1) is 17.0. The molecule has 8 nitrogen and oxygen atoms in total. The van der Waals surface area contributed by atoms with Gasteiger partial charge in [-0.25, -0.2) is 4.79 Å². The van der Waals surface area contributed by atoms with Gasteiger partial charge in [-0.2, -0.15) is 0 Å². The van der Waals surface area contributed by atoms with E-state index in [0.717, 1.165) is 44.2 Å². The Morgan fingerprint density at radius 2 is 1.89 bits per heavy atom. The molecule has 8 atom stereocenters. The minimum atomic E-state index is -1.12. The van der Waals surface area contributed by atoms with Gasteiger partial charge in [0.05, 0.1) is 11.8 Å². The summed E-state index contributed by atoms with van der Waals surface area (Å²) in [6.45, 7) is 6.26. The summed E-state index contributed by atoms with van der Waals surface area (Å²) in [5.74, 6) is 0.982. The molecule has 5 rings (SSSR count). The average molecular weight is 501 g/mol. The van der Waals surface area contributed by atoms with Crippen LogP contribution in [0.4, 0.5) is 0 Å². The van der Waals surface area contributed by atoms with Gasteiger partial charge in [0, 0.05) is 18.9 Å². The fourth-order valence-electron chi connectivity index (χ4n) is 8.89. The number of ketones is 1. The van der Waals surface area contributed by atoms with Gasteiger partial charge in [0.2, 0.25) is 0 Å². The number of aliphatic hydroxyl groups excluding tert-OH is 1. The van der Waals surface area contributed by atoms with Gasteiger partial charge in [0.1, 0.15) is 11.8 Å². The molecule has 36 heavy (non-hydrogen) atoms. The van der Waals surface area contributed by atoms with Crippen molar-refractivity contribution in [3.8, 4) is 0 Å². The lowest BCUT2D eigenvalue weighted by Gasteiger charge is -2.58. The molecule has 1 aliphatic heterocycles. The highest BCUT2D eigenvalue weighted by Gasteiger charge is 2.59. The summed E-state index contributed by atoms with van der Waals surface area (Å²) in [6, 6.07) is -1.01. The van der Waals surface area contributed by atoms with Crippen molar-refractivity contribution in [2.75, 3.05) is 13.2 Å². The number of oxime groups is 1. The Hall–Kier alpha value is -2.22. The number of fused-ring (bicyclic) bond motifs is 5. The normalized spacial score (nSPS) is 42.8. The number of rotatable bonds is 5. The van der Waals surface area contributed by atoms with E-state index in [0.29, 0.717) is 23.5 Å². The summed E-state index contributed by atoms with van der Waals surface area (Å²) in [6.07, 6.45) is 9.94. The third kappa shape index (κ3) is 4.09. The lowest BCUT2D eigenvalue weighted by atomic mass is 9.46. The Labute approximate surface area is 213 Å². The van der Waals surface area contributed by atoms with Gasteiger partial charge in [0.25, 0.3) is 5.91 Å². The van der Waals surface area contributed by atoms with Gasteiger partial charge < -0.3 is 20.0 Å². The number of amides is 1. The van der Waals surface area contributed by atoms with Crippen molar-refractivity contribution in [1.82, 2.24) is 4.90 Å². The van der Waals surface area contributed by atoms with Crippen LogP contribution in [0.1, 0.15) is 78.6 Å². The first-order valence-electron chi connectivity index (χ1n) is 13.6. The van der Waals surface area contributed by atoms with E-state index in [1.165, 1.54) is 23.3 Å². The van der Waals surface area contributed by atoms with E-state index in [1.54, 1.807) is 6.92 Å². The molecular weight excluding hydrogens is 460 g/mol. The van der Waals surface area contributed by atoms with Crippen molar-refractivity contribution in [1.29, 1.82) is 0 Å². The quantitative estimate of drug-likeness (QED) is 0.558. The molecule has 0 unspecified atom stereocenters. The fourth-order valence-corrected chi connectivity index (χ4v) is 8.89. The van der Waals surface area contributed by atoms with Crippen LogP contribution in [0.3, 0.4) is 0 Å². The van der Waals surface area contributed by atoms with Crippen molar-refractivity contribution in [2.24, 2.45) is 39.7 Å². The number of carbonyl (C=O) groups excluding carboxylic acids is 2. The molecule has 0 aromatic carbocycles. The zero-order valence-corrected chi connectivity index (χ0v) is 21.7. The van der Waals surface area contributed by atoms with E-state index in [-0.39, 0.29) is 36.3 Å². The molecule has 0 aromatic heterocycles. The van der Waals surface area contributed by atoms with Crippen molar-refractivity contribution >= 4 is 23.4 Å². The van der Waals surface area contributed by atoms with Crippen LogP contribution in [-0.4, -0.2) is 63.8 Å². The standard InChI is InChI=1S/C28H40N2O6/c1-16(31)21-6-7-22-20-5-4-17-12-18(8-10-27(17,2)23(20)9-11-28(21,22)3)29-36-15-25(33)30-14-19(32)13-24(30)26(34)35/h12,19-24,32H,4-11,13-15H2,1-3H3,(H,34,35)/b29-18-/t19-,20-,21+,22-,23-,24+,27-,28+/m0/s1. The predicted molar refractivity (Wildman–Crippen MR) is 133 cm³/mol. The van der Waals surface area contributed by atoms with Crippen LogP contribution in [0, 0.1) is 34.5 Å². The van der Waals surface area contributed by atoms with Crippen LogP contribution in [0.25, 0.3) is 0 Å². The number of carboxylic acid groups (broad SMARTS) is 1. The first-order valence-corrected chi connectivity index (χ1v) is 13.6. The number of likely N-dealkylation sites (tertiary alicyclic amines) is 1. The minimum Gasteiger partial charge on any atom is -0.480 e. The molecule has 3 saturated carbocycles. The molecule has 0 bridgehead atoms. The van der Waals surface area contributed by atoms with Gasteiger partial charge >= 0.3 is 5.97 Å². The second-order valence-corrected chi connectivity index (χ2v) is 12.4. The zero-order chi connectivity index (χ0) is 25.8. The number of Topliss-reactive ketones (excluding diaryl/α,β-unsaturated/α-hetero) is 1. The number of carbonyl (C=O) groups is 3. The number of hydrogen-bond acceptors (Lipinski definition) is 6. The van der Waals surface area contributed by atoms with Crippen LogP contribution in [0.15, 0.2) is 16.8 Å². The molecule has 1 heterocycles. The van der Waals surface area contributed by atoms with Crippen LogP contribution in [0.5, 0.6) is 0 Å². The molecule has 1 amide bonds. The highest BCUT2D eigenvalue weighted by molar-refractivity contribution is 5.96. The SMILES string of the molecule is CC(=O)[C@H]1CC[C@H]2[C@@H]3CCC4=C/C(=N\OCC(=O)N5C[C@@H](O)C[C@@H]5C(=O)O)CC[C@]4(C)[C@H]3CC[C@]12C. The maximum Gasteiger partial charge on any atom is 0.326 e. The lowest BCUT2D eigenvalue weighted by molar-refractivity contribution is -0.150. The molecule has 2 N–H and O–H groups in total. The van der Waals surface area contributed by atoms with E-state index in [1.807, 2.05) is 0 Å². The van der Waals surface area contributed by atoms with Crippen molar-refractivity contribution in [3.05, 3.63) is 11.6 Å². The van der Waals surface area contributed by atoms with Crippen molar-refractivity contribution in [3.63, 3.8) is 0 Å². The molecule has 4 aliphatic carbocycles. The Bertz CT molecular complexity index is 1010. The number of β-amino-alcohol motifs (C(OH)–C–C–N with tert-alkyl or cyclic N) is 1. The molecule has 0 aromatic rings. The predicted octanol–water partition coefficient (Wildman–Crippen LogP) is 3.57. The Morgan fingerprint density at radius 3 is 2.61 bits per heavy atom. The highest BCUT2D eigenvalue weighted by Crippen LogP contribution is 2.66. The molecule has 4 fully saturated rings. The molecule has 1 saturated heterocycles. The van der Waals surface area contributed by atoms with Gasteiger partial charge in [-0.3, -0.25) is 9.59 Å². The van der Waals surface area contributed by atoms with E-state index < -0.39 is 24.0 Å². The molecule has 5 aliphatic rings. The van der Waals surface area contributed by atoms with E-state index in [9.17, 15) is 24.6 Å². The Morgan fingerprint density at radius 1 is 1.11 bits per heavy atom. The van der Waals surface area contributed by atoms with Crippen LogP contribution < -0.4 is 0 Å². The van der Waals surface area contributed by atoms with E-state index >= 15 is 0 Å². The largest absolute Gasteiger partial charge is 0.480 e. The maximum absolute atomic E-state index is 12.5.